The molecule has 2 aromatic carbocycles. The van der Waals surface area contributed by atoms with Crippen LogP contribution in [0.4, 0.5) is 4.39 Å². The second-order valence-electron chi connectivity index (χ2n) is 6.87. The van der Waals surface area contributed by atoms with E-state index in [2.05, 4.69) is 20.9 Å². The molecule has 4 nitrogen and oxygen atoms in total. The molecular formula is C21H27FNO3+. The van der Waals surface area contributed by atoms with Crippen molar-refractivity contribution in [2.75, 3.05) is 34.4 Å². The average molecular weight is 360 g/mol. The summed E-state index contributed by atoms with van der Waals surface area (Å²) in [6, 6.07) is 8.70. The van der Waals surface area contributed by atoms with E-state index in [4.69, 9.17) is 14.2 Å². The van der Waals surface area contributed by atoms with E-state index in [1.54, 1.807) is 20.3 Å². The Morgan fingerprint density at radius 1 is 1.12 bits per heavy atom. The van der Waals surface area contributed by atoms with Crippen molar-refractivity contribution in [1.29, 1.82) is 0 Å². The molecule has 0 fully saturated rings. The Labute approximate surface area is 154 Å². The van der Waals surface area contributed by atoms with Crippen LogP contribution in [0.2, 0.25) is 0 Å². The number of likely N-dealkylation sites (N-methyl/N-ethyl adjacent to an activating group) is 1. The van der Waals surface area contributed by atoms with E-state index >= 15 is 0 Å². The van der Waals surface area contributed by atoms with Gasteiger partial charge < -0.3 is 14.2 Å². The van der Waals surface area contributed by atoms with Gasteiger partial charge >= 0.3 is 0 Å². The summed E-state index contributed by atoms with van der Waals surface area (Å²) >= 11 is 0. The molecule has 1 heterocycles. The van der Waals surface area contributed by atoms with Crippen LogP contribution in [0.1, 0.15) is 19.4 Å². The van der Waals surface area contributed by atoms with Crippen molar-refractivity contribution in [3.05, 3.63) is 41.7 Å². The number of quaternary nitrogens is 1. The smallest absolute Gasteiger partial charge is 0.237 e. The van der Waals surface area contributed by atoms with Gasteiger partial charge in [0.2, 0.25) is 6.23 Å². The van der Waals surface area contributed by atoms with E-state index in [9.17, 15) is 4.39 Å². The van der Waals surface area contributed by atoms with Crippen LogP contribution in [-0.2, 0) is 6.42 Å². The van der Waals surface area contributed by atoms with E-state index in [0.717, 1.165) is 34.4 Å². The van der Waals surface area contributed by atoms with E-state index in [0.29, 0.717) is 23.5 Å². The topological polar surface area (TPSA) is 27.7 Å². The molecule has 3 rings (SSSR count). The van der Waals surface area contributed by atoms with Gasteiger partial charge in [-0.1, -0.05) is 12.1 Å². The zero-order valence-electron chi connectivity index (χ0n) is 16.1. The minimum absolute atomic E-state index is 0.0165. The van der Waals surface area contributed by atoms with Gasteiger partial charge in [-0.05, 0) is 32.0 Å². The van der Waals surface area contributed by atoms with Crippen LogP contribution >= 0.6 is 0 Å². The van der Waals surface area contributed by atoms with Crippen LogP contribution in [0.25, 0.3) is 11.1 Å². The number of rotatable bonds is 6. The summed E-state index contributed by atoms with van der Waals surface area (Å²) in [6.07, 6.45) is 0.682. The van der Waals surface area contributed by atoms with Crippen molar-refractivity contribution in [3.8, 4) is 28.4 Å². The van der Waals surface area contributed by atoms with Crippen LogP contribution in [-0.4, -0.2) is 45.1 Å². The number of benzene rings is 2. The quantitative estimate of drug-likeness (QED) is 0.721. The highest BCUT2D eigenvalue weighted by atomic mass is 19.1. The van der Waals surface area contributed by atoms with Gasteiger partial charge in [0.05, 0.1) is 40.8 Å². The first-order valence-corrected chi connectivity index (χ1v) is 9.02. The van der Waals surface area contributed by atoms with Gasteiger partial charge in [-0.3, -0.25) is 4.48 Å². The molecule has 5 heteroatoms. The lowest BCUT2D eigenvalue weighted by atomic mass is 9.99. The Morgan fingerprint density at radius 2 is 1.85 bits per heavy atom. The van der Waals surface area contributed by atoms with Crippen LogP contribution < -0.4 is 14.2 Å². The Kier molecular flexibility index (Phi) is 5.10. The first-order valence-electron chi connectivity index (χ1n) is 9.02. The molecule has 140 valence electrons. The highest BCUT2D eigenvalue weighted by molar-refractivity contribution is 5.80. The van der Waals surface area contributed by atoms with Gasteiger partial charge in [0, 0.05) is 16.7 Å². The predicted octanol–water partition coefficient (Wildman–Crippen LogP) is 4.26. The Balaban J connectivity index is 2.12. The summed E-state index contributed by atoms with van der Waals surface area (Å²) in [5, 5.41) is 0. The average Bonchev–Trinajstić information content (AvgIpc) is 3.10. The summed E-state index contributed by atoms with van der Waals surface area (Å²) in [4.78, 5) is 0. The van der Waals surface area contributed by atoms with Crippen molar-refractivity contribution in [2.24, 2.45) is 0 Å². The third-order valence-corrected chi connectivity index (χ3v) is 5.61. The standard InChI is InChI=1S/C21H27FNO3/c1-6-23(3,7-2)19-12-14-11-15(22)13-17(20(14)26-19)16-9-8-10-18(24-4)21(16)25-5/h8-11,13,19H,6-7,12H2,1-5H3/q+1. The predicted molar refractivity (Wildman–Crippen MR) is 100 cm³/mol. The molecule has 0 N–H and O–H groups in total. The molecule has 0 spiro atoms. The molecule has 2 aromatic rings. The fourth-order valence-corrected chi connectivity index (χ4v) is 3.58. The minimum Gasteiger partial charge on any atom is -0.493 e. The van der Waals surface area contributed by atoms with Gasteiger partial charge in [-0.15, -0.1) is 0 Å². The lowest BCUT2D eigenvalue weighted by molar-refractivity contribution is -0.946. The summed E-state index contributed by atoms with van der Waals surface area (Å²) in [5.41, 5.74) is 2.38. The zero-order valence-corrected chi connectivity index (χ0v) is 16.1. The highest BCUT2D eigenvalue weighted by Gasteiger charge is 2.39. The van der Waals surface area contributed by atoms with Crippen LogP contribution in [0.15, 0.2) is 30.3 Å². The molecule has 0 bridgehead atoms. The Morgan fingerprint density at radius 3 is 2.46 bits per heavy atom. The summed E-state index contributed by atoms with van der Waals surface area (Å²) in [7, 11) is 5.36. The Hall–Kier alpha value is -2.27. The van der Waals surface area contributed by atoms with Crippen molar-refractivity contribution in [1.82, 2.24) is 0 Å². The number of nitrogens with zero attached hydrogens (tertiary/aromatic N) is 1. The molecule has 0 aliphatic carbocycles. The number of halogens is 1. The zero-order chi connectivity index (χ0) is 18.9. The van der Waals surface area contributed by atoms with E-state index in [-0.39, 0.29) is 12.0 Å². The second-order valence-corrected chi connectivity index (χ2v) is 6.87. The highest BCUT2D eigenvalue weighted by Crippen LogP contribution is 2.46. The van der Waals surface area contributed by atoms with Gasteiger partial charge in [-0.2, -0.15) is 0 Å². The second kappa shape index (κ2) is 7.16. The first kappa shape index (κ1) is 18.5. The summed E-state index contributed by atoms with van der Waals surface area (Å²) < 4.78 is 32.5. The number of para-hydroxylation sites is 1. The third-order valence-electron chi connectivity index (χ3n) is 5.61. The van der Waals surface area contributed by atoms with Crippen LogP contribution in [0.5, 0.6) is 17.2 Å². The third kappa shape index (κ3) is 3.01. The number of ether oxygens (including phenoxy) is 3. The number of fused-ring (bicyclic) bond motifs is 1. The van der Waals surface area contributed by atoms with E-state index in [1.165, 1.54) is 6.07 Å². The molecule has 1 atom stereocenters. The number of hydrogen-bond donors (Lipinski definition) is 0. The molecule has 1 unspecified atom stereocenters. The minimum atomic E-state index is -0.268. The van der Waals surface area contributed by atoms with Gasteiger partial charge in [0.1, 0.15) is 11.6 Å². The summed E-state index contributed by atoms with van der Waals surface area (Å²) in [6.45, 7) is 6.22. The molecule has 0 radical (unpaired) electrons. The molecule has 0 amide bonds. The van der Waals surface area contributed by atoms with Gasteiger partial charge in [0.15, 0.2) is 11.5 Å². The van der Waals surface area contributed by atoms with Crippen molar-refractivity contribution in [2.45, 2.75) is 26.5 Å². The Bertz CT molecular complexity index is 802. The molecule has 0 aromatic heterocycles. The maximum absolute atomic E-state index is 14.4. The molecule has 1 aliphatic rings. The van der Waals surface area contributed by atoms with Crippen molar-refractivity contribution in [3.63, 3.8) is 0 Å². The number of hydrogen-bond acceptors (Lipinski definition) is 3. The maximum atomic E-state index is 14.4. The molecular weight excluding hydrogens is 333 g/mol. The molecule has 0 saturated carbocycles. The molecule has 26 heavy (non-hydrogen) atoms. The fourth-order valence-electron chi connectivity index (χ4n) is 3.58. The maximum Gasteiger partial charge on any atom is 0.237 e. The van der Waals surface area contributed by atoms with Crippen molar-refractivity contribution >= 4 is 0 Å². The van der Waals surface area contributed by atoms with Crippen molar-refractivity contribution < 1.29 is 23.1 Å². The molecule has 0 saturated heterocycles. The first-order chi connectivity index (χ1) is 12.5. The number of methoxy groups -OCH3 is 2. The molecule has 1 aliphatic heterocycles. The largest absolute Gasteiger partial charge is 0.493 e. The lowest BCUT2D eigenvalue weighted by Gasteiger charge is -2.37. The van der Waals surface area contributed by atoms with Gasteiger partial charge in [-0.25, -0.2) is 4.39 Å². The fraction of sp³-hybridized carbons (Fsp3) is 0.429. The van der Waals surface area contributed by atoms with Crippen LogP contribution in [0.3, 0.4) is 0 Å². The van der Waals surface area contributed by atoms with E-state index in [1.807, 2.05) is 18.2 Å². The normalized spacial score (nSPS) is 16.2. The van der Waals surface area contributed by atoms with Crippen LogP contribution in [0, 0.1) is 5.82 Å². The lowest BCUT2D eigenvalue weighted by Crippen LogP contribution is -2.54. The summed E-state index contributed by atoms with van der Waals surface area (Å²) in [5.74, 6) is 1.67. The monoisotopic (exact) mass is 360 g/mol. The SMILES string of the molecule is CC[N+](C)(CC)C1Cc2cc(F)cc(-c3cccc(OC)c3OC)c2O1. The van der Waals surface area contributed by atoms with E-state index < -0.39 is 0 Å². The van der Waals surface area contributed by atoms with Gasteiger partial charge in [0.25, 0.3) is 0 Å².